The zero-order valence-electron chi connectivity index (χ0n) is 13.3. The van der Waals surface area contributed by atoms with Gasteiger partial charge in [-0.1, -0.05) is 52.0 Å². The molecule has 0 saturated carbocycles. The van der Waals surface area contributed by atoms with E-state index in [2.05, 4.69) is 68.8 Å². The Bertz CT molecular complexity index is 339. The molecule has 0 aliphatic rings. The Balaban J connectivity index is 2.41. The van der Waals surface area contributed by atoms with Crippen molar-refractivity contribution in [2.45, 2.75) is 40.2 Å². The molecule has 0 saturated heterocycles. The molecule has 0 atom stereocenters. The van der Waals surface area contributed by atoms with Crippen molar-refractivity contribution < 1.29 is 0 Å². The second-order valence-corrected chi connectivity index (χ2v) is 5.66. The smallest absolute Gasteiger partial charge is 0.0231 e. The van der Waals surface area contributed by atoms with Gasteiger partial charge in [-0.15, -0.1) is 0 Å². The zero-order chi connectivity index (χ0) is 14.3. The highest BCUT2D eigenvalue weighted by atomic mass is 15.2. The van der Waals surface area contributed by atoms with Gasteiger partial charge in [-0.05, 0) is 37.2 Å². The molecule has 0 N–H and O–H groups in total. The maximum atomic E-state index is 2.47. The van der Waals surface area contributed by atoms with Crippen LogP contribution in [0.1, 0.15) is 44.7 Å². The first-order chi connectivity index (χ1) is 9.06. The van der Waals surface area contributed by atoms with Crippen molar-refractivity contribution >= 4 is 0 Å². The molecule has 0 aromatic heterocycles. The van der Waals surface area contributed by atoms with Crippen LogP contribution in [-0.2, 0) is 6.54 Å². The minimum absolute atomic E-state index is 0.620. The predicted octanol–water partition coefficient (Wildman–Crippen LogP) is 3.58. The van der Waals surface area contributed by atoms with Gasteiger partial charge in [-0.25, -0.2) is 0 Å². The summed E-state index contributed by atoms with van der Waals surface area (Å²) in [7, 11) is 2.21. The van der Waals surface area contributed by atoms with Crippen molar-refractivity contribution in [1.82, 2.24) is 9.80 Å². The van der Waals surface area contributed by atoms with Gasteiger partial charge in [-0.2, -0.15) is 0 Å². The highest BCUT2D eigenvalue weighted by Crippen LogP contribution is 2.15. The van der Waals surface area contributed by atoms with Crippen molar-refractivity contribution in [3.8, 4) is 0 Å². The van der Waals surface area contributed by atoms with Crippen LogP contribution in [0, 0.1) is 0 Å². The summed E-state index contributed by atoms with van der Waals surface area (Å²) in [4.78, 5) is 4.88. The molecule has 0 aliphatic heterocycles. The third-order valence-electron chi connectivity index (χ3n) is 3.79. The molecule has 1 aromatic rings. The fourth-order valence-electron chi connectivity index (χ4n) is 2.25. The lowest BCUT2D eigenvalue weighted by atomic mass is 10.0. The molecule has 0 amide bonds. The van der Waals surface area contributed by atoms with Crippen LogP contribution in [0.4, 0.5) is 0 Å². The molecule has 1 aromatic carbocycles. The summed E-state index contributed by atoms with van der Waals surface area (Å²) in [5.74, 6) is 0.620. The standard InChI is InChI=1S/C17H30N2/c1-6-19(7-2)13-12-18(5)14-16-8-10-17(11-9-16)15(3)4/h8-11,15H,6-7,12-14H2,1-5H3. The fourth-order valence-corrected chi connectivity index (χ4v) is 2.25. The van der Waals surface area contributed by atoms with E-state index < -0.39 is 0 Å². The molecule has 0 heterocycles. The Morgan fingerprint density at radius 1 is 0.947 bits per heavy atom. The van der Waals surface area contributed by atoms with Crippen LogP contribution in [-0.4, -0.2) is 43.0 Å². The van der Waals surface area contributed by atoms with Gasteiger partial charge in [0.15, 0.2) is 0 Å². The minimum Gasteiger partial charge on any atom is -0.303 e. The van der Waals surface area contributed by atoms with Gasteiger partial charge >= 0.3 is 0 Å². The van der Waals surface area contributed by atoms with E-state index >= 15 is 0 Å². The van der Waals surface area contributed by atoms with Crippen LogP contribution in [0.5, 0.6) is 0 Å². The zero-order valence-corrected chi connectivity index (χ0v) is 13.3. The Kier molecular flexibility index (Phi) is 7.11. The number of hydrogen-bond acceptors (Lipinski definition) is 2. The van der Waals surface area contributed by atoms with Crippen LogP contribution in [0.15, 0.2) is 24.3 Å². The predicted molar refractivity (Wildman–Crippen MR) is 84.7 cm³/mol. The second kappa shape index (κ2) is 8.34. The Labute approximate surface area is 119 Å². The third-order valence-corrected chi connectivity index (χ3v) is 3.79. The van der Waals surface area contributed by atoms with Crippen LogP contribution < -0.4 is 0 Å². The number of nitrogens with zero attached hydrogens (tertiary/aromatic N) is 2. The molecule has 0 bridgehead atoms. The number of benzene rings is 1. The molecule has 0 unspecified atom stereocenters. The van der Waals surface area contributed by atoms with E-state index in [1.165, 1.54) is 11.1 Å². The van der Waals surface area contributed by atoms with Gasteiger partial charge in [0.05, 0.1) is 0 Å². The van der Waals surface area contributed by atoms with Crippen LogP contribution in [0.25, 0.3) is 0 Å². The summed E-state index contributed by atoms with van der Waals surface area (Å²) >= 11 is 0. The van der Waals surface area contributed by atoms with E-state index in [0.29, 0.717) is 5.92 Å². The number of rotatable bonds is 8. The molecule has 19 heavy (non-hydrogen) atoms. The number of likely N-dealkylation sites (N-methyl/N-ethyl adjacent to an activating group) is 2. The van der Waals surface area contributed by atoms with Crippen LogP contribution in [0.3, 0.4) is 0 Å². The normalized spacial score (nSPS) is 11.8. The summed E-state index contributed by atoms with van der Waals surface area (Å²) < 4.78 is 0. The third kappa shape index (κ3) is 5.75. The minimum atomic E-state index is 0.620. The van der Waals surface area contributed by atoms with Crippen LogP contribution in [0.2, 0.25) is 0 Å². The van der Waals surface area contributed by atoms with Crippen molar-refractivity contribution in [3.05, 3.63) is 35.4 Å². The number of hydrogen-bond donors (Lipinski definition) is 0. The van der Waals surface area contributed by atoms with Crippen molar-refractivity contribution in [2.75, 3.05) is 33.2 Å². The van der Waals surface area contributed by atoms with E-state index in [1.807, 2.05) is 0 Å². The molecular weight excluding hydrogens is 232 g/mol. The van der Waals surface area contributed by atoms with E-state index in [0.717, 1.165) is 32.7 Å². The molecule has 0 aliphatic carbocycles. The second-order valence-electron chi connectivity index (χ2n) is 5.66. The summed E-state index contributed by atoms with van der Waals surface area (Å²) in [6, 6.07) is 9.06. The summed E-state index contributed by atoms with van der Waals surface area (Å²) in [6.07, 6.45) is 0. The van der Waals surface area contributed by atoms with Crippen molar-refractivity contribution in [1.29, 1.82) is 0 Å². The largest absolute Gasteiger partial charge is 0.303 e. The molecular formula is C17H30N2. The van der Waals surface area contributed by atoms with Gasteiger partial charge in [0, 0.05) is 19.6 Å². The van der Waals surface area contributed by atoms with Gasteiger partial charge < -0.3 is 9.80 Å². The first kappa shape index (κ1) is 16.2. The average molecular weight is 262 g/mol. The monoisotopic (exact) mass is 262 g/mol. The van der Waals surface area contributed by atoms with E-state index in [4.69, 9.17) is 0 Å². The molecule has 1 rings (SSSR count). The molecule has 0 radical (unpaired) electrons. The SMILES string of the molecule is CCN(CC)CCN(C)Cc1ccc(C(C)C)cc1. The lowest BCUT2D eigenvalue weighted by Gasteiger charge is -2.23. The molecule has 2 nitrogen and oxygen atoms in total. The lowest BCUT2D eigenvalue weighted by molar-refractivity contribution is 0.236. The topological polar surface area (TPSA) is 6.48 Å². The maximum Gasteiger partial charge on any atom is 0.0231 e. The summed E-state index contributed by atoms with van der Waals surface area (Å²) in [6.45, 7) is 14.6. The Morgan fingerprint density at radius 3 is 2.00 bits per heavy atom. The highest BCUT2D eigenvalue weighted by molar-refractivity contribution is 5.24. The van der Waals surface area contributed by atoms with Crippen LogP contribution >= 0.6 is 0 Å². The maximum absolute atomic E-state index is 2.47. The van der Waals surface area contributed by atoms with E-state index in [9.17, 15) is 0 Å². The lowest BCUT2D eigenvalue weighted by Crippen LogP contribution is -2.32. The molecule has 0 fully saturated rings. The first-order valence-corrected chi connectivity index (χ1v) is 7.56. The van der Waals surface area contributed by atoms with E-state index in [-0.39, 0.29) is 0 Å². The molecule has 2 heteroatoms. The molecule has 108 valence electrons. The van der Waals surface area contributed by atoms with Crippen molar-refractivity contribution in [3.63, 3.8) is 0 Å². The van der Waals surface area contributed by atoms with Crippen molar-refractivity contribution in [2.24, 2.45) is 0 Å². The van der Waals surface area contributed by atoms with Gasteiger partial charge in [0.25, 0.3) is 0 Å². The quantitative estimate of drug-likeness (QED) is 0.706. The fraction of sp³-hybridized carbons (Fsp3) is 0.647. The van der Waals surface area contributed by atoms with Gasteiger partial charge in [0.1, 0.15) is 0 Å². The van der Waals surface area contributed by atoms with Gasteiger partial charge in [-0.3, -0.25) is 0 Å². The molecule has 0 spiro atoms. The first-order valence-electron chi connectivity index (χ1n) is 7.56. The Hall–Kier alpha value is -0.860. The average Bonchev–Trinajstić information content (AvgIpc) is 2.40. The highest BCUT2D eigenvalue weighted by Gasteiger charge is 2.04. The van der Waals surface area contributed by atoms with E-state index in [1.54, 1.807) is 0 Å². The summed E-state index contributed by atoms with van der Waals surface area (Å²) in [5.41, 5.74) is 2.83. The Morgan fingerprint density at radius 2 is 1.53 bits per heavy atom. The van der Waals surface area contributed by atoms with Gasteiger partial charge in [0.2, 0.25) is 0 Å². The summed E-state index contributed by atoms with van der Waals surface area (Å²) in [5, 5.41) is 0.